The van der Waals surface area contributed by atoms with Crippen LogP contribution in [0.1, 0.15) is 57.6 Å². The smallest absolute Gasteiger partial charge is 0.0705 e. The van der Waals surface area contributed by atoms with Crippen molar-refractivity contribution >= 4 is 10.9 Å². The van der Waals surface area contributed by atoms with Crippen molar-refractivity contribution in [3.8, 4) is 0 Å². The van der Waals surface area contributed by atoms with Crippen LogP contribution in [0.2, 0.25) is 0 Å². The number of fused-ring (bicyclic) bond motifs is 1. The zero-order valence-electron chi connectivity index (χ0n) is 13.2. The Morgan fingerprint density at radius 1 is 1.19 bits per heavy atom. The molecule has 1 aliphatic carbocycles. The first kappa shape index (κ1) is 14.5. The summed E-state index contributed by atoms with van der Waals surface area (Å²) in [4.78, 5) is 4.53. The average molecular weight is 282 g/mol. The molecule has 1 aromatic carbocycles. The van der Waals surface area contributed by atoms with Crippen LogP contribution in [0.15, 0.2) is 36.5 Å². The summed E-state index contributed by atoms with van der Waals surface area (Å²) in [5.74, 6) is 0. The van der Waals surface area contributed by atoms with Crippen LogP contribution in [-0.2, 0) is 0 Å². The number of benzene rings is 1. The maximum Gasteiger partial charge on any atom is 0.0705 e. The van der Waals surface area contributed by atoms with Crippen molar-refractivity contribution in [2.24, 2.45) is 5.41 Å². The van der Waals surface area contributed by atoms with Crippen molar-refractivity contribution in [2.45, 2.75) is 52.0 Å². The van der Waals surface area contributed by atoms with Gasteiger partial charge in [-0.05, 0) is 48.9 Å². The highest BCUT2D eigenvalue weighted by Gasteiger charge is 2.40. The van der Waals surface area contributed by atoms with Gasteiger partial charge in [-0.1, -0.05) is 44.9 Å². The van der Waals surface area contributed by atoms with Crippen LogP contribution in [0.5, 0.6) is 0 Å². The Hall–Kier alpha value is -1.41. The minimum absolute atomic E-state index is 0.429. The highest BCUT2D eigenvalue weighted by atomic mass is 14.9. The molecule has 1 unspecified atom stereocenters. The van der Waals surface area contributed by atoms with Crippen molar-refractivity contribution < 1.29 is 0 Å². The molecule has 0 amide bonds. The third-order valence-electron chi connectivity index (χ3n) is 5.29. The maximum absolute atomic E-state index is 4.53. The van der Waals surface area contributed by atoms with Crippen LogP contribution in [0.4, 0.5) is 0 Å². The van der Waals surface area contributed by atoms with Crippen molar-refractivity contribution in [1.29, 1.82) is 0 Å². The van der Waals surface area contributed by atoms with Gasteiger partial charge < -0.3 is 5.32 Å². The van der Waals surface area contributed by atoms with Crippen molar-refractivity contribution in [1.82, 2.24) is 10.3 Å². The van der Waals surface area contributed by atoms with Crippen LogP contribution in [0.25, 0.3) is 10.9 Å². The molecule has 0 spiro atoms. The molecule has 1 N–H and O–H groups in total. The summed E-state index contributed by atoms with van der Waals surface area (Å²) in [6.07, 6.45) is 8.59. The standard InChI is InChI=1S/C19H26N2/c1-3-19(11-5-6-12-19)18(20-4-2)16-10-9-15-8-7-13-21-17(15)14-16/h7-10,13-14,18,20H,3-6,11-12H2,1-2H3. The molecular formula is C19H26N2. The van der Waals surface area contributed by atoms with E-state index < -0.39 is 0 Å². The maximum atomic E-state index is 4.53. The Morgan fingerprint density at radius 2 is 2.00 bits per heavy atom. The van der Waals surface area contributed by atoms with E-state index in [2.05, 4.69) is 48.4 Å². The van der Waals surface area contributed by atoms with Crippen molar-refractivity contribution in [2.75, 3.05) is 6.54 Å². The number of nitrogens with one attached hydrogen (secondary N) is 1. The van der Waals surface area contributed by atoms with E-state index in [4.69, 9.17) is 0 Å². The molecule has 3 rings (SSSR count). The number of rotatable bonds is 5. The summed E-state index contributed by atoms with van der Waals surface area (Å²) in [6.45, 7) is 5.59. The molecule has 0 aliphatic heterocycles. The highest BCUT2D eigenvalue weighted by Crippen LogP contribution is 2.50. The van der Waals surface area contributed by atoms with Crippen LogP contribution >= 0.6 is 0 Å². The van der Waals surface area contributed by atoms with Gasteiger partial charge in [0.2, 0.25) is 0 Å². The number of aromatic nitrogens is 1. The van der Waals surface area contributed by atoms with Crippen molar-refractivity contribution in [3.05, 3.63) is 42.1 Å². The van der Waals surface area contributed by atoms with Gasteiger partial charge in [-0.25, -0.2) is 0 Å². The molecule has 1 aromatic heterocycles. The van der Waals surface area contributed by atoms with E-state index in [0.717, 1.165) is 12.1 Å². The zero-order chi connectivity index (χ0) is 14.7. The summed E-state index contributed by atoms with van der Waals surface area (Å²) in [7, 11) is 0. The first-order chi connectivity index (χ1) is 10.3. The third kappa shape index (κ3) is 2.69. The predicted octanol–water partition coefficient (Wildman–Crippen LogP) is 4.86. The Kier molecular flexibility index (Phi) is 4.25. The van der Waals surface area contributed by atoms with E-state index in [1.54, 1.807) is 0 Å². The molecule has 1 saturated carbocycles. The molecule has 0 saturated heterocycles. The minimum atomic E-state index is 0.429. The molecule has 1 aliphatic rings. The van der Waals surface area contributed by atoms with Crippen LogP contribution in [0, 0.1) is 5.41 Å². The SMILES string of the molecule is CCNC(c1ccc2cccnc2c1)C1(CC)CCCC1. The van der Waals surface area contributed by atoms with E-state index in [0.29, 0.717) is 11.5 Å². The fraction of sp³-hybridized carbons (Fsp3) is 0.526. The van der Waals surface area contributed by atoms with Crippen LogP contribution in [0.3, 0.4) is 0 Å². The van der Waals surface area contributed by atoms with Gasteiger partial charge in [0.15, 0.2) is 0 Å². The van der Waals surface area contributed by atoms with E-state index in [1.165, 1.54) is 43.1 Å². The summed E-state index contributed by atoms with van der Waals surface area (Å²) in [6, 6.07) is 11.4. The Morgan fingerprint density at radius 3 is 2.71 bits per heavy atom. The molecule has 2 heteroatoms. The lowest BCUT2D eigenvalue weighted by Gasteiger charge is -2.38. The number of nitrogens with zero attached hydrogens (tertiary/aromatic N) is 1. The van der Waals surface area contributed by atoms with E-state index in [9.17, 15) is 0 Å². The second-order valence-corrected chi connectivity index (χ2v) is 6.37. The second kappa shape index (κ2) is 6.15. The van der Waals surface area contributed by atoms with Gasteiger partial charge in [-0.15, -0.1) is 0 Å². The predicted molar refractivity (Wildman–Crippen MR) is 89.4 cm³/mol. The summed E-state index contributed by atoms with van der Waals surface area (Å²) < 4.78 is 0. The fourth-order valence-electron chi connectivity index (χ4n) is 4.08. The molecule has 112 valence electrons. The lowest BCUT2D eigenvalue weighted by molar-refractivity contribution is 0.189. The Labute approximate surface area is 128 Å². The van der Waals surface area contributed by atoms with Gasteiger partial charge in [-0.3, -0.25) is 4.98 Å². The molecule has 1 heterocycles. The van der Waals surface area contributed by atoms with Gasteiger partial charge in [0.25, 0.3) is 0 Å². The number of hydrogen-bond donors (Lipinski definition) is 1. The lowest BCUT2D eigenvalue weighted by Crippen LogP contribution is -2.36. The molecule has 21 heavy (non-hydrogen) atoms. The Balaban J connectivity index is 2.02. The average Bonchev–Trinajstić information content (AvgIpc) is 3.02. The number of pyridine rings is 1. The first-order valence-electron chi connectivity index (χ1n) is 8.37. The molecule has 0 radical (unpaired) electrons. The second-order valence-electron chi connectivity index (χ2n) is 6.37. The third-order valence-corrected chi connectivity index (χ3v) is 5.29. The van der Waals surface area contributed by atoms with E-state index in [-0.39, 0.29) is 0 Å². The van der Waals surface area contributed by atoms with Crippen LogP contribution in [-0.4, -0.2) is 11.5 Å². The quantitative estimate of drug-likeness (QED) is 0.847. The molecule has 2 aromatic rings. The van der Waals surface area contributed by atoms with Crippen LogP contribution < -0.4 is 5.32 Å². The van der Waals surface area contributed by atoms with Gasteiger partial charge >= 0.3 is 0 Å². The first-order valence-corrected chi connectivity index (χ1v) is 8.37. The lowest BCUT2D eigenvalue weighted by atomic mass is 9.73. The van der Waals surface area contributed by atoms with Gasteiger partial charge in [0.1, 0.15) is 0 Å². The molecule has 1 fully saturated rings. The van der Waals surface area contributed by atoms with E-state index in [1.807, 2.05) is 12.3 Å². The molecule has 2 nitrogen and oxygen atoms in total. The fourth-order valence-corrected chi connectivity index (χ4v) is 4.08. The number of hydrogen-bond acceptors (Lipinski definition) is 2. The normalized spacial score (nSPS) is 19.0. The van der Waals surface area contributed by atoms with E-state index >= 15 is 0 Å². The minimum Gasteiger partial charge on any atom is -0.310 e. The molecular weight excluding hydrogens is 256 g/mol. The highest BCUT2D eigenvalue weighted by molar-refractivity contribution is 5.79. The topological polar surface area (TPSA) is 24.9 Å². The summed E-state index contributed by atoms with van der Waals surface area (Å²) in [5.41, 5.74) is 2.95. The molecule has 1 atom stereocenters. The van der Waals surface area contributed by atoms with Gasteiger partial charge in [0, 0.05) is 17.6 Å². The van der Waals surface area contributed by atoms with Crippen molar-refractivity contribution in [3.63, 3.8) is 0 Å². The monoisotopic (exact) mass is 282 g/mol. The largest absolute Gasteiger partial charge is 0.310 e. The Bertz CT molecular complexity index is 599. The molecule has 0 bridgehead atoms. The van der Waals surface area contributed by atoms with Gasteiger partial charge in [-0.2, -0.15) is 0 Å². The zero-order valence-corrected chi connectivity index (χ0v) is 13.2. The summed E-state index contributed by atoms with van der Waals surface area (Å²) in [5, 5.41) is 5.00. The van der Waals surface area contributed by atoms with Gasteiger partial charge in [0.05, 0.1) is 5.52 Å². The summed E-state index contributed by atoms with van der Waals surface area (Å²) >= 11 is 0.